The number of aromatic nitrogens is 2. The second-order valence-corrected chi connectivity index (χ2v) is 4.63. The average molecular weight is 332 g/mol. The smallest absolute Gasteiger partial charge is 0.343 e. The number of carbonyl (C=O) groups is 1. The van der Waals surface area contributed by atoms with Crippen LogP contribution >= 0.6 is 11.6 Å². The molecule has 0 aliphatic heterocycles. The van der Waals surface area contributed by atoms with Gasteiger partial charge in [0.1, 0.15) is 16.5 Å². The maximum atomic E-state index is 12.1. The monoisotopic (exact) mass is 331 g/mol. The van der Waals surface area contributed by atoms with Gasteiger partial charge in [-0.25, -0.2) is 19.8 Å². The number of aliphatic hydroxyl groups is 1. The van der Waals surface area contributed by atoms with E-state index in [1.807, 2.05) is 0 Å². The largest absolute Gasteiger partial charge is 0.506 e. The van der Waals surface area contributed by atoms with Crippen molar-refractivity contribution in [1.29, 1.82) is 0 Å². The first-order valence-electron chi connectivity index (χ1n) is 6.79. The van der Waals surface area contributed by atoms with E-state index in [9.17, 15) is 9.90 Å². The lowest BCUT2D eigenvalue weighted by Gasteiger charge is -2.07. The Kier molecular flexibility index (Phi) is 5.82. The molecule has 2 aromatic rings. The molecule has 0 unspecified atom stereocenters. The van der Waals surface area contributed by atoms with E-state index in [1.165, 1.54) is 12.4 Å². The fourth-order valence-corrected chi connectivity index (χ4v) is 1.90. The van der Waals surface area contributed by atoms with Crippen molar-refractivity contribution in [2.75, 3.05) is 6.61 Å². The van der Waals surface area contributed by atoms with Crippen LogP contribution in [0, 0.1) is 0 Å². The molecule has 2 rings (SSSR count). The fraction of sp³-hybridized carbons (Fsp3) is 0.125. The number of esters is 1. The third-order valence-electron chi connectivity index (χ3n) is 2.74. The molecule has 0 saturated heterocycles. The van der Waals surface area contributed by atoms with Crippen molar-refractivity contribution in [2.45, 2.75) is 6.92 Å². The van der Waals surface area contributed by atoms with Gasteiger partial charge in [-0.05, 0) is 31.2 Å². The highest BCUT2D eigenvalue weighted by atomic mass is 35.5. The second kappa shape index (κ2) is 8.05. The van der Waals surface area contributed by atoms with Crippen LogP contribution in [0.25, 0.3) is 5.76 Å². The summed E-state index contributed by atoms with van der Waals surface area (Å²) in [5.41, 5.74) is 0.0806. The minimum atomic E-state index is -0.718. The molecule has 0 saturated carbocycles. The molecule has 118 valence electrons. The Morgan fingerprint density at radius 2 is 2.09 bits per heavy atom. The van der Waals surface area contributed by atoms with Crippen LogP contribution in [0.4, 0.5) is 5.82 Å². The van der Waals surface area contributed by atoms with E-state index < -0.39 is 5.97 Å². The molecule has 23 heavy (non-hydrogen) atoms. The summed E-state index contributed by atoms with van der Waals surface area (Å²) in [6, 6.07) is 8.29. The van der Waals surface area contributed by atoms with Crippen LogP contribution in [0.15, 0.2) is 53.3 Å². The molecule has 0 amide bonds. The van der Waals surface area contributed by atoms with Crippen molar-refractivity contribution < 1.29 is 14.6 Å². The van der Waals surface area contributed by atoms with Gasteiger partial charge in [0.2, 0.25) is 0 Å². The van der Waals surface area contributed by atoms with Crippen molar-refractivity contribution in [2.24, 2.45) is 4.99 Å². The van der Waals surface area contributed by atoms with Crippen molar-refractivity contribution in [3.05, 3.63) is 59.0 Å². The Morgan fingerprint density at radius 1 is 1.30 bits per heavy atom. The minimum Gasteiger partial charge on any atom is -0.506 e. The first-order chi connectivity index (χ1) is 11.1. The molecule has 7 heteroatoms. The SMILES string of the molecule is CCOC(=O)C(/C=N/c1ccccn1)=C(/O)c1cccnc1Cl. The standard InChI is InChI=1S/C16H14ClN3O3/c1-2-23-16(22)12(10-20-13-7-3-4-8-18-13)14(21)11-6-5-9-19-15(11)17/h3-10,21H,2H2,1H3/b14-12+,20-10+. The highest BCUT2D eigenvalue weighted by Crippen LogP contribution is 2.22. The fourth-order valence-electron chi connectivity index (χ4n) is 1.69. The van der Waals surface area contributed by atoms with E-state index in [0.717, 1.165) is 0 Å². The summed E-state index contributed by atoms with van der Waals surface area (Å²) in [6.07, 6.45) is 4.24. The second-order valence-electron chi connectivity index (χ2n) is 4.27. The normalized spacial score (nSPS) is 12.1. The van der Waals surface area contributed by atoms with Gasteiger partial charge in [0.25, 0.3) is 0 Å². The van der Waals surface area contributed by atoms with Gasteiger partial charge in [-0.3, -0.25) is 0 Å². The number of hydrogen-bond donors (Lipinski definition) is 1. The summed E-state index contributed by atoms with van der Waals surface area (Å²) >= 11 is 5.95. The summed E-state index contributed by atoms with van der Waals surface area (Å²) in [4.78, 5) is 24.0. The Balaban J connectivity index is 2.45. The molecule has 0 aliphatic rings. The van der Waals surface area contributed by atoms with Crippen LogP contribution in [0.3, 0.4) is 0 Å². The van der Waals surface area contributed by atoms with Gasteiger partial charge < -0.3 is 9.84 Å². The zero-order chi connectivity index (χ0) is 16.7. The van der Waals surface area contributed by atoms with Crippen LogP contribution in [-0.2, 0) is 9.53 Å². The molecular formula is C16H14ClN3O3. The van der Waals surface area contributed by atoms with Crippen molar-refractivity contribution >= 4 is 35.4 Å². The van der Waals surface area contributed by atoms with E-state index in [0.29, 0.717) is 5.82 Å². The van der Waals surface area contributed by atoms with Gasteiger partial charge in [0.05, 0.1) is 12.2 Å². The maximum Gasteiger partial charge on any atom is 0.343 e. The Hall–Kier alpha value is -2.73. The first kappa shape index (κ1) is 16.6. The number of nitrogens with zero attached hydrogens (tertiary/aromatic N) is 3. The van der Waals surface area contributed by atoms with Crippen molar-refractivity contribution in [3.63, 3.8) is 0 Å². The van der Waals surface area contributed by atoms with Crippen LogP contribution in [0.1, 0.15) is 12.5 Å². The van der Waals surface area contributed by atoms with Crippen LogP contribution in [0.2, 0.25) is 5.15 Å². The molecule has 2 aromatic heterocycles. The zero-order valence-electron chi connectivity index (χ0n) is 12.3. The highest BCUT2D eigenvalue weighted by molar-refractivity contribution is 6.31. The zero-order valence-corrected chi connectivity index (χ0v) is 13.1. The topological polar surface area (TPSA) is 84.7 Å². The molecule has 1 N–H and O–H groups in total. The number of halogens is 1. The molecule has 0 fully saturated rings. The van der Waals surface area contributed by atoms with Gasteiger partial charge in [-0.2, -0.15) is 0 Å². The molecule has 0 atom stereocenters. The molecule has 6 nitrogen and oxygen atoms in total. The number of pyridine rings is 2. The van der Waals surface area contributed by atoms with Gasteiger partial charge in [-0.1, -0.05) is 17.7 Å². The van der Waals surface area contributed by atoms with E-state index in [2.05, 4.69) is 15.0 Å². The molecule has 0 aromatic carbocycles. The summed E-state index contributed by atoms with van der Waals surface area (Å²) < 4.78 is 4.94. The first-order valence-corrected chi connectivity index (χ1v) is 7.17. The number of aliphatic hydroxyl groups excluding tert-OH is 1. The maximum absolute atomic E-state index is 12.1. The number of hydrogen-bond acceptors (Lipinski definition) is 6. The molecule has 2 heterocycles. The quantitative estimate of drug-likeness (QED) is 0.298. The summed E-state index contributed by atoms with van der Waals surface area (Å²) in [6.45, 7) is 1.83. The number of carbonyl (C=O) groups excluding carboxylic acids is 1. The van der Waals surface area contributed by atoms with E-state index in [4.69, 9.17) is 16.3 Å². The van der Waals surface area contributed by atoms with Gasteiger partial charge in [0.15, 0.2) is 5.82 Å². The van der Waals surface area contributed by atoms with Crippen LogP contribution in [0.5, 0.6) is 0 Å². The average Bonchev–Trinajstić information content (AvgIpc) is 2.56. The Bertz CT molecular complexity index is 745. The molecule has 0 bridgehead atoms. The summed E-state index contributed by atoms with van der Waals surface area (Å²) in [5.74, 6) is -0.690. The summed E-state index contributed by atoms with van der Waals surface area (Å²) in [5, 5.41) is 10.4. The van der Waals surface area contributed by atoms with E-state index >= 15 is 0 Å². The van der Waals surface area contributed by atoms with Crippen LogP contribution < -0.4 is 0 Å². The molecule has 0 aliphatic carbocycles. The molecular weight excluding hydrogens is 318 g/mol. The van der Waals surface area contributed by atoms with Gasteiger partial charge >= 0.3 is 5.97 Å². The third-order valence-corrected chi connectivity index (χ3v) is 3.04. The van der Waals surface area contributed by atoms with Gasteiger partial charge in [-0.15, -0.1) is 0 Å². The lowest BCUT2D eigenvalue weighted by Crippen LogP contribution is -2.11. The molecule has 0 spiro atoms. The highest BCUT2D eigenvalue weighted by Gasteiger charge is 2.18. The van der Waals surface area contributed by atoms with Crippen LogP contribution in [-0.4, -0.2) is 33.9 Å². The van der Waals surface area contributed by atoms with E-state index in [-0.39, 0.29) is 28.7 Å². The lowest BCUT2D eigenvalue weighted by atomic mass is 10.1. The minimum absolute atomic E-state index is 0.0676. The van der Waals surface area contributed by atoms with Crippen molar-refractivity contribution in [1.82, 2.24) is 9.97 Å². The Morgan fingerprint density at radius 3 is 2.74 bits per heavy atom. The van der Waals surface area contributed by atoms with E-state index in [1.54, 1.807) is 43.5 Å². The predicted molar refractivity (Wildman–Crippen MR) is 87.8 cm³/mol. The lowest BCUT2D eigenvalue weighted by molar-refractivity contribution is -0.137. The number of aliphatic imine (C=N–C) groups is 1. The van der Waals surface area contributed by atoms with Gasteiger partial charge in [0, 0.05) is 18.6 Å². The number of rotatable bonds is 5. The third kappa shape index (κ3) is 4.37. The molecule has 0 radical (unpaired) electrons. The van der Waals surface area contributed by atoms with Crippen molar-refractivity contribution in [3.8, 4) is 0 Å². The number of ether oxygens (including phenoxy) is 1. The Labute approximate surface area is 138 Å². The predicted octanol–water partition coefficient (Wildman–Crippen LogP) is 3.36. The summed E-state index contributed by atoms with van der Waals surface area (Å²) in [7, 11) is 0.